The van der Waals surface area contributed by atoms with Gasteiger partial charge in [0.25, 0.3) is 5.91 Å². The van der Waals surface area contributed by atoms with Crippen molar-refractivity contribution < 1.29 is 4.79 Å². The summed E-state index contributed by atoms with van der Waals surface area (Å²) >= 11 is 8.31. The summed E-state index contributed by atoms with van der Waals surface area (Å²) in [6.45, 7) is 4.63. The molecule has 3 aliphatic rings. The second-order valence-electron chi connectivity index (χ2n) is 8.47. The van der Waals surface area contributed by atoms with Crippen LogP contribution < -0.4 is 5.32 Å². The summed E-state index contributed by atoms with van der Waals surface area (Å²) in [5.74, 6) is 2.25. The number of hydrogen-bond acceptors (Lipinski definition) is 5. The van der Waals surface area contributed by atoms with Crippen molar-refractivity contribution in [2.75, 3.05) is 19.6 Å². The number of rotatable bonds is 3. The van der Waals surface area contributed by atoms with Crippen LogP contribution in [-0.2, 0) is 0 Å². The standard InChI is InChI=1S/C22H21ClN4OS/c1-11-25-20(15-4-5-29-21(15)26-11)17-7-16(17)14-3-2-12(6-18(14)23)22(28)27-9-13-8-24-19(13)10-27/h2-6,13,16-17,19,24H,7-10H2,1H3. The number of nitrogens with zero attached hydrogens (tertiary/aromatic N) is 3. The van der Waals surface area contributed by atoms with Crippen LogP contribution in [0.3, 0.4) is 0 Å². The number of carbonyl (C=O) groups excluding carboxylic acids is 1. The van der Waals surface area contributed by atoms with Gasteiger partial charge in [-0.05, 0) is 48.4 Å². The number of hydrogen-bond donors (Lipinski definition) is 1. The number of aryl methyl sites for hydroxylation is 1. The Bertz CT molecular complexity index is 1130. The zero-order valence-electron chi connectivity index (χ0n) is 16.1. The maximum absolute atomic E-state index is 12.9. The minimum absolute atomic E-state index is 0.0911. The number of aromatic nitrogens is 2. The lowest BCUT2D eigenvalue weighted by Crippen LogP contribution is -2.51. The van der Waals surface area contributed by atoms with Crippen molar-refractivity contribution in [2.24, 2.45) is 5.92 Å². The molecule has 3 aromatic rings. The van der Waals surface area contributed by atoms with Crippen LogP contribution in [0.5, 0.6) is 0 Å². The number of nitrogens with one attached hydrogen (secondary N) is 1. The molecule has 1 saturated carbocycles. The number of thiophene rings is 1. The Morgan fingerprint density at radius 1 is 1.24 bits per heavy atom. The summed E-state index contributed by atoms with van der Waals surface area (Å²) in [6, 6.07) is 8.44. The van der Waals surface area contributed by atoms with Gasteiger partial charge in [0.15, 0.2) is 0 Å². The number of carbonyl (C=O) groups is 1. The normalized spacial score (nSPS) is 27.7. The number of amides is 1. The average molecular weight is 425 g/mol. The second-order valence-corrected chi connectivity index (χ2v) is 9.77. The summed E-state index contributed by atoms with van der Waals surface area (Å²) in [7, 11) is 0. The minimum atomic E-state index is 0.0911. The first-order chi connectivity index (χ1) is 14.1. The summed E-state index contributed by atoms with van der Waals surface area (Å²) in [6.07, 6.45) is 1.04. The van der Waals surface area contributed by atoms with Crippen LogP contribution in [0.2, 0.25) is 5.02 Å². The molecule has 1 aromatic carbocycles. The quantitative estimate of drug-likeness (QED) is 0.691. The molecule has 5 nitrogen and oxygen atoms in total. The van der Waals surface area contributed by atoms with E-state index in [2.05, 4.69) is 21.7 Å². The topological polar surface area (TPSA) is 58.1 Å². The van der Waals surface area contributed by atoms with E-state index in [-0.39, 0.29) is 5.91 Å². The molecule has 1 aliphatic carbocycles. The molecule has 4 heterocycles. The monoisotopic (exact) mass is 424 g/mol. The molecule has 2 saturated heterocycles. The zero-order chi connectivity index (χ0) is 19.7. The summed E-state index contributed by atoms with van der Waals surface area (Å²) < 4.78 is 0. The summed E-state index contributed by atoms with van der Waals surface area (Å²) in [5.41, 5.74) is 2.95. The molecule has 6 rings (SSSR count). The van der Waals surface area contributed by atoms with E-state index in [1.54, 1.807) is 11.3 Å². The SMILES string of the molecule is Cc1nc(C2CC2c2ccc(C(=O)N3CC4CNC4C3)cc2Cl)c2ccsc2n1. The third-order valence-electron chi connectivity index (χ3n) is 6.63. The van der Waals surface area contributed by atoms with Gasteiger partial charge in [-0.15, -0.1) is 11.3 Å². The lowest BCUT2D eigenvalue weighted by Gasteiger charge is -2.29. The molecule has 29 heavy (non-hydrogen) atoms. The molecule has 1 amide bonds. The van der Waals surface area contributed by atoms with Gasteiger partial charge in [0.2, 0.25) is 0 Å². The van der Waals surface area contributed by atoms with Crippen LogP contribution in [0, 0.1) is 12.8 Å². The predicted molar refractivity (Wildman–Crippen MR) is 115 cm³/mol. The van der Waals surface area contributed by atoms with Crippen LogP contribution >= 0.6 is 22.9 Å². The third kappa shape index (κ3) is 2.88. The maximum Gasteiger partial charge on any atom is 0.253 e. The first-order valence-corrected chi connectivity index (χ1v) is 11.4. The van der Waals surface area contributed by atoms with Crippen molar-refractivity contribution >= 4 is 39.1 Å². The molecule has 3 fully saturated rings. The van der Waals surface area contributed by atoms with Crippen LogP contribution in [0.4, 0.5) is 0 Å². The Kier molecular flexibility index (Phi) is 3.98. The van der Waals surface area contributed by atoms with Gasteiger partial charge in [-0.2, -0.15) is 0 Å². The maximum atomic E-state index is 12.9. The molecule has 148 valence electrons. The molecule has 0 radical (unpaired) electrons. The lowest BCUT2D eigenvalue weighted by atomic mass is 9.96. The van der Waals surface area contributed by atoms with E-state index in [1.165, 1.54) is 0 Å². The van der Waals surface area contributed by atoms with E-state index in [4.69, 9.17) is 16.6 Å². The molecule has 0 spiro atoms. The van der Waals surface area contributed by atoms with Crippen LogP contribution in [0.1, 0.15) is 45.7 Å². The smallest absolute Gasteiger partial charge is 0.253 e. The van der Waals surface area contributed by atoms with Crippen molar-refractivity contribution in [3.63, 3.8) is 0 Å². The Morgan fingerprint density at radius 2 is 2.14 bits per heavy atom. The first kappa shape index (κ1) is 17.8. The van der Waals surface area contributed by atoms with Gasteiger partial charge < -0.3 is 10.2 Å². The number of halogens is 1. The van der Waals surface area contributed by atoms with E-state index >= 15 is 0 Å². The van der Waals surface area contributed by atoms with Crippen molar-refractivity contribution in [2.45, 2.75) is 31.2 Å². The van der Waals surface area contributed by atoms with Crippen molar-refractivity contribution in [1.82, 2.24) is 20.2 Å². The van der Waals surface area contributed by atoms with Crippen LogP contribution in [0.25, 0.3) is 10.2 Å². The lowest BCUT2D eigenvalue weighted by molar-refractivity contribution is 0.0789. The van der Waals surface area contributed by atoms with Gasteiger partial charge >= 0.3 is 0 Å². The Hall–Kier alpha value is -2.02. The highest BCUT2D eigenvalue weighted by Gasteiger charge is 2.44. The number of likely N-dealkylation sites (tertiary alicyclic amines) is 1. The largest absolute Gasteiger partial charge is 0.337 e. The van der Waals surface area contributed by atoms with Gasteiger partial charge in [0, 0.05) is 53.5 Å². The fourth-order valence-electron chi connectivity index (χ4n) is 4.87. The van der Waals surface area contributed by atoms with Crippen molar-refractivity contribution in [1.29, 1.82) is 0 Å². The Morgan fingerprint density at radius 3 is 2.86 bits per heavy atom. The molecule has 2 aromatic heterocycles. The zero-order valence-corrected chi connectivity index (χ0v) is 17.6. The average Bonchev–Trinajstić information content (AvgIpc) is 3.23. The predicted octanol–water partition coefficient (Wildman–Crippen LogP) is 3.97. The molecule has 1 N–H and O–H groups in total. The van der Waals surface area contributed by atoms with Crippen LogP contribution in [0.15, 0.2) is 29.6 Å². The fourth-order valence-corrected chi connectivity index (χ4v) is 6.01. The summed E-state index contributed by atoms with van der Waals surface area (Å²) in [5, 5.41) is 7.32. The van der Waals surface area contributed by atoms with Gasteiger partial charge in [0.1, 0.15) is 10.7 Å². The molecule has 0 bridgehead atoms. The minimum Gasteiger partial charge on any atom is -0.337 e. The first-order valence-electron chi connectivity index (χ1n) is 10.1. The Labute approximate surface area is 178 Å². The molecule has 7 heteroatoms. The molecule has 4 atom stereocenters. The van der Waals surface area contributed by atoms with Crippen LogP contribution in [-0.4, -0.2) is 46.5 Å². The number of benzene rings is 1. The van der Waals surface area contributed by atoms with Gasteiger partial charge in [-0.3, -0.25) is 4.79 Å². The van der Waals surface area contributed by atoms with E-state index in [9.17, 15) is 4.79 Å². The molecule has 2 aliphatic heterocycles. The van der Waals surface area contributed by atoms with Gasteiger partial charge in [0.05, 0.1) is 5.69 Å². The van der Waals surface area contributed by atoms with Crippen molar-refractivity contribution in [3.05, 3.63) is 57.3 Å². The van der Waals surface area contributed by atoms with E-state index in [1.807, 2.05) is 30.0 Å². The summed E-state index contributed by atoms with van der Waals surface area (Å²) in [4.78, 5) is 25.2. The van der Waals surface area contributed by atoms with Gasteiger partial charge in [-0.25, -0.2) is 9.97 Å². The third-order valence-corrected chi connectivity index (χ3v) is 7.76. The second kappa shape index (κ2) is 6.49. The highest BCUT2D eigenvalue weighted by atomic mass is 35.5. The van der Waals surface area contributed by atoms with E-state index in [0.29, 0.717) is 34.4 Å². The molecular weight excluding hydrogens is 404 g/mol. The highest BCUT2D eigenvalue weighted by Crippen LogP contribution is 2.57. The highest BCUT2D eigenvalue weighted by molar-refractivity contribution is 7.16. The van der Waals surface area contributed by atoms with Gasteiger partial charge in [-0.1, -0.05) is 17.7 Å². The molecule has 4 unspecified atom stereocenters. The number of fused-ring (bicyclic) bond motifs is 2. The van der Waals surface area contributed by atoms with Crippen molar-refractivity contribution in [3.8, 4) is 0 Å². The Balaban J connectivity index is 1.24. The molecular formula is C22H21ClN4OS. The fraction of sp³-hybridized carbons (Fsp3) is 0.409. The van der Waals surface area contributed by atoms with E-state index in [0.717, 1.165) is 53.4 Å². The van der Waals surface area contributed by atoms with E-state index < -0.39 is 0 Å².